The molecule has 2 rings (SSSR count). The maximum absolute atomic E-state index is 12.9. The number of carbonyl (C=O) groups excluding carboxylic acids is 2. The van der Waals surface area contributed by atoms with Gasteiger partial charge in [-0.2, -0.15) is 0 Å². The molecule has 1 amide bonds. The van der Waals surface area contributed by atoms with Crippen LogP contribution >= 0.6 is 11.6 Å². The SMILES string of the molecule is COc1cc(N)c(Cl)cc1C(=O)OC(C)C(=O)NCc1ccc(F)cc1. The predicted octanol–water partition coefficient (Wildman–Crippen LogP) is 2.93. The Hall–Kier alpha value is -2.80. The van der Waals surface area contributed by atoms with Crippen LogP contribution in [0.2, 0.25) is 5.02 Å². The molecular formula is C18H18ClFN2O4. The van der Waals surface area contributed by atoms with E-state index in [2.05, 4.69) is 5.32 Å². The molecule has 26 heavy (non-hydrogen) atoms. The number of amides is 1. The molecule has 0 bridgehead atoms. The van der Waals surface area contributed by atoms with Crippen LogP contribution in [0.4, 0.5) is 10.1 Å². The summed E-state index contributed by atoms with van der Waals surface area (Å²) in [7, 11) is 1.37. The lowest BCUT2D eigenvalue weighted by Gasteiger charge is -2.15. The van der Waals surface area contributed by atoms with E-state index in [9.17, 15) is 14.0 Å². The van der Waals surface area contributed by atoms with E-state index in [1.807, 2.05) is 0 Å². The van der Waals surface area contributed by atoms with E-state index in [1.165, 1.54) is 38.3 Å². The first kappa shape index (κ1) is 19.5. The van der Waals surface area contributed by atoms with Crippen molar-refractivity contribution in [2.24, 2.45) is 0 Å². The summed E-state index contributed by atoms with van der Waals surface area (Å²) >= 11 is 5.92. The van der Waals surface area contributed by atoms with Gasteiger partial charge in [0.2, 0.25) is 0 Å². The van der Waals surface area contributed by atoms with Gasteiger partial charge in [-0.05, 0) is 30.7 Å². The number of methoxy groups -OCH3 is 1. The largest absolute Gasteiger partial charge is 0.496 e. The Morgan fingerprint density at radius 1 is 1.27 bits per heavy atom. The van der Waals surface area contributed by atoms with Crippen LogP contribution < -0.4 is 15.8 Å². The second-order valence-corrected chi connectivity index (χ2v) is 5.87. The highest BCUT2D eigenvalue weighted by Crippen LogP contribution is 2.29. The average molecular weight is 381 g/mol. The van der Waals surface area contributed by atoms with Gasteiger partial charge in [-0.15, -0.1) is 0 Å². The topological polar surface area (TPSA) is 90.7 Å². The van der Waals surface area contributed by atoms with Gasteiger partial charge >= 0.3 is 5.97 Å². The summed E-state index contributed by atoms with van der Waals surface area (Å²) in [6, 6.07) is 8.41. The Bertz CT molecular complexity index is 812. The Kier molecular flexibility index (Phi) is 6.41. The van der Waals surface area contributed by atoms with E-state index in [0.717, 1.165) is 0 Å². The number of benzene rings is 2. The Morgan fingerprint density at radius 2 is 1.92 bits per heavy atom. The van der Waals surface area contributed by atoms with Gasteiger partial charge < -0.3 is 20.5 Å². The molecule has 1 unspecified atom stereocenters. The molecule has 8 heteroatoms. The van der Waals surface area contributed by atoms with Crippen molar-refractivity contribution in [1.29, 1.82) is 0 Å². The number of nitrogen functional groups attached to an aromatic ring is 1. The second kappa shape index (κ2) is 8.53. The lowest BCUT2D eigenvalue weighted by molar-refractivity contribution is -0.129. The van der Waals surface area contributed by atoms with E-state index in [4.69, 9.17) is 26.8 Å². The fourth-order valence-corrected chi connectivity index (χ4v) is 2.27. The molecule has 1 atom stereocenters. The Morgan fingerprint density at radius 3 is 2.54 bits per heavy atom. The third-order valence-electron chi connectivity index (χ3n) is 3.57. The van der Waals surface area contributed by atoms with Crippen molar-refractivity contribution in [3.05, 3.63) is 58.4 Å². The summed E-state index contributed by atoms with van der Waals surface area (Å²) in [4.78, 5) is 24.4. The van der Waals surface area contributed by atoms with E-state index >= 15 is 0 Å². The Balaban J connectivity index is 1.98. The number of ether oxygens (including phenoxy) is 2. The van der Waals surface area contributed by atoms with Crippen molar-refractivity contribution in [3.8, 4) is 5.75 Å². The molecule has 2 aromatic rings. The third-order valence-corrected chi connectivity index (χ3v) is 3.90. The second-order valence-electron chi connectivity index (χ2n) is 5.47. The van der Waals surface area contributed by atoms with Crippen LogP contribution in [-0.4, -0.2) is 25.1 Å². The van der Waals surface area contributed by atoms with Gasteiger partial charge in [-0.3, -0.25) is 4.79 Å². The molecule has 0 aliphatic carbocycles. The molecule has 0 fully saturated rings. The van der Waals surface area contributed by atoms with Crippen LogP contribution in [-0.2, 0) is 16.1 Å². The van der Waals surface area contributed by atoms with Crippen molar-refractivity contribution < 1.29 is 23.5 Å². The standard InChI is InChI=1S/C18H18ClFN2O4/c1-10(17(23)22-9-11-3-5-12(20)6-4-11)26-18(24)13-7-14(19)15(21)8-16(13)25-2/h3-8,10H,9,21H2,1-2H3,(H,22,23). The number of nitrogens with two attached hydrogens (primary N) is 1. The zero-order chi connectivity index (χ0) is 19.3. The van der Waals surface area contributed by atoms with E-state index in [0.29, 0.717) is 5.56 Å². The lowest BCUT2D eigenvalue weighted by Crippen LogP contribution is -2.35. The number of halogens is 2. The first-order valence-corrected chi connectivity index (χ1v) is 8.05. The number of hydrogen-bond acceptors (Lipinski definition) is 5. The highest BCUT2D eigenvalue weighted by molar-refractivity contribution is 6.33. The van der Waals surface area contributed by atoms with Gasteiger partial charge in [-0.25, -0.2) is 9.18 Å². The predicted molar refractivity (Wildman–Crippen MR) is 95.5 cm³/mol. The zero-order valence-corrected chi connectivity index (χ0v) is 15.0. The van der Waals surface area contributed by atoms with Crippen LogP contribution in [0, 0.1) is 5.82 Å². The molecule has 0 spiro atoms. The van der Waals surface area contributed by atoms with Crippen molar-refractivity contribution in [2.75, 3.05) is 12.8 Å². The summed E-state index contributed by atoms with van der Waals surface area (Å²) in [5.41, 5.74) is 6.70. The molecule has 0 heterocycles. The number of nitrogens with one attached hydrogen (secondary N) is 1. The van der Waals surface area contributed by atoms with Gasteiger partial charge in [0.25, 0.3) is 5.91 Å². The summed E-state index contributed by atoms with van der Waals surface area (Å²) in [5, 5.41) is 2.78. The van der Waals surface area contributed by atoms with Gasteiger partial charge in [0.15, 0.2) is 6.10 Å². The van der Waals surface area contributed by atoms with Crippen molar-refractivity contribution >= 4 is 29.2 Å². The molecule has 0 aliphatic heterocycles. The van der Waals surface area contributed by atoms with E-state index in [-0.39, 0.29) is 34.4 Å². The van der Waals surface area contributed by atoms with Gasteiger partial charge in [-0.1, -0.05) is 23.7 Å². The average Bonchev–Trinajstić information content (AvgIpc) is 2.62. The Labute approximate surface area is 155 Å². The first-order valence-electron chi connectivity index (χ1n) is 7.68. The van der Waals surface area contributed by atoms with Crippen LogP contribution in [0.25, 0.3) is 0 Å². The third kappa shape index (κ3) is 4.86. The van der Waals surface area contributed by atoms with E-state index < -0.39 is 18.0 Å². The summed E-state index contributed by atoms with van der Waals surface area (Å²) in [6.07, 6.45) is -1.05. The molecule has 0 aromatic heterocycles. The fourth-order valence-electron chi connectivity index (χ4n) is 2.11. The number of rotatable bonds is 6. The number of hydrogen-bond donors (Lipinski definition) is 2. The van der Waals surface area contributed by atoms with Crippen LogP contribution in [0.5, 0.6) is 5.75 Å². The van der Waals surface area contributed by atoms with Gasteiger partial charge in [0.1, 0.15) is 17.1 Å². The number of anilines is 1. The smallest absolute Gasteiger partial charge is 0.342 e. The quantitative estimate of drug-likeness (QED) is 0.594. The number of esters is 1. The maximum atomic E-state index is 12.9. The van der Waals surface area contributed by atoms with Crippen LogP contribution in [0.1, 0.15) is 22.8 Å². The number of carbonyl (C=O) groups is 2. The minimum atomic E-state index is -1.05. The summed E-state index contributed by atoms with van der Waals surface area (Å²) < 4.78 is 23.1. The molecular weight excluding hydrogens is 363 g/mol. The summed E-state index contributed by atoms with van der Waals surface area (Å²) in [6.45, 7) is 1.61. The minimum absolute atomic E-state index is 0.0601. The normalized spacial score (nSPS) is 11.5. The van der Waals surface area contributed by atoms with Crippen LogP contribution in [0.15, 0.2) is 36.4 Å². The van der Waals surface area contributed by atoms with Crippen LogP contribution in [0.3, 0.4) is 0 Å². The van der Waals surface area contributed by atoms with Crippen molar-refractivity contribution in [2.45, 2.75) is 19.6 Å². The molecule has 2 aromatic carbocycles. The molecule has 0 radical (unpaired) electrons. The highest BCUT2D eigenvalue weighted by Gasteiger charge is 2.22. The molecule has 6 nitrogen and oxygen atoms in total. The van der Waals surface area contributed by atoms with Gasteiger partial charge in [0.05, 0.1) is 17.8 Å². The van der Waals surface area contributed by atoms with Crippen molar-refractivity contribution in [3.63, 3.8) is 0 Å². The molecule has 3 N–H and O–H groups in total. The maximum Gasteiger partial charge on any atom is 0.342 e. The molecule has 0 saturated carbocycles. The minimum Gasteiger partial charge on any atom is -0.496 e. The fraction of sp³-hybridized carbons (Fsp3) is 0.222. The monoisotopic (exact) mass is 380 g/mol. The van der Waals surface area contributed by atoms with Crippen molar-refractivity contribution in [1.82, 2.24) is 5.32 Å². The molecule has 0 aliphatic rings. The lowest BCUT2D eigenvalue weighted by atomic mass is 10.2. The molecule has 138 valence electrons. The zero-order valence-electron chi connectivity index (χ0n) is 14.2. The molecule has 0 saturated heterocycles. The van der Waals surface area contributed by atoms with E-state index in [1.54, 1.807) is 12.1 Å². The van der Waals surface area contributed by atoms with Gasteiger partial charge in [0, 0.05) is 12.6 Å². The first-order chi connectivity index (χ1) is 12.3. The highest BCUT2D eigenvalue weighted by atomic mass is 35.5. The summed E-state index contributed by atoms with van der Waals surface area (Å²) in [5.74, 6) is -1.44.